The third-order valence-corrected chi connectivity index (χ3v) is 7.44. The first-order valence-electron chi connectivity index (χ1n) is 16.0. The van der Waals surface area contributed by atoms with E-state index in [9.17, 15) is 19.8 Å². The Balaban J connectivity index is 1.19. The molecule has 2 unspecified atom stereocenters. The van der Waals surface area contributed by atoms with Gasteiger partial charge in [0.25, 0.3) is 0 Å². The summed E-state index contributed by atoms with van der Waals surface area (Å²) in [5.41, 5.74) is 6.13. The van der Waals surface area contributed by atoms with Crippen LogP contribution in [0.3, 0.4) is 0 Å². The molecule has 0 spiro atoms. The van der Waals surface area contributed by atoms with Gasteiger partial charge in [-0.1, -0.05) is 84.9 Å². The summed E-state index contributed by atoms with van der Waals surface area (Å²) in [5.74, 6) is -0.499. The lowest BCUT2D eigenvalue weighted by Crippen LogP contribution is -2.26. The molecule has 4 rings (SSSR count). The van der Waals surface area contributed by atoms with Gasteiger partial charge in [0.05, 0.1) is 0 Å². The average Bonchev–Trinajstić information content (AvgIpc) is 3.10. The molecule has 250 valence electrons. The van der Waals surface area contributed by atoms with Crippen LogP contribution in [0.15, 0.2) is 109 Å². The van der Waals surface area contributed by atoms with Gasteiger partial charge >= 0.3 is 11.9 Å². The lowest BCUT2D eigenvalue weighted by molar-refractivity contribution is -0.150. The topological polar surface area (TPSA) is 112 Å². The summed E-state index contributed by atoms with van der Waals surface area (Å²) in [6, 6.07) is 31.4. The summed E-state index contributed by atoms with van der Waals surface area (Å²) in [5, 5.41) is 18.5. The minimum Gasteiger partial charge on any atom is -0.490 e. The summed E-state index contributed by atoms with van der Waals surface area (Å²) in [6.07, 6.45) is 6.86. The molecule has 0 radical (unpaired) electrons. The molecule has 0 fully saturated rings. The Bertz CT molecular complexity index is 1500. The second-order valence-electron chi connectivity index (χ2n) is 10.9. The predicted molar refractivity (Wildman–Crippen MR) is 187 cm³/mol. The average molecular weight is 651 g/mol. The lowest BCUT2D eigenvalue weighted by atomic mass is 10.0. The van der Waals surface area contributed by atoms with Crippen molar-refractivity contribution in [3.63, 3.8) is 0 Å². The Morgan fingerprint density at radius 3 is 1.23 bits per heavy atom. The Morgan fingerprint density at radius 2 is 0.917 bits per heavy atom. The molecular formula is C40H42O8. The lowest BCUT2D eigenvalue weighted by Gasteiger charge is -2.12. The standard InChI is InChI=1S/C40H42O8/c1-3-45-37(39(41)42)27-31-13-21-35(22-14-31)47-25-5-7-29-9-17-33(18-10-29)34-19-11-30(12-20-34)8-6-26-48-36-23-15-32(16-24-36)28-38(40(43)44)46-4-2/h5-24,37-38H,3-4,25-28H2,1-2H3,(H,41,42)(H,43,44). The van der Waals surface area contributed by atoms with E-state index in [1.54, 1.807) is 13.8 Å². The van der Waals surface area contributed by atoms with Crippen LogP contribution in [0, 0.1) is 0 Å². The number of rotatable bonds is 19. The summed E-state index contributed by atoms with van der Waals surface area (Å²) < 4.78 is 22.2. The van der Waals surface area contributed by atoms with Gasteiger partial charge < -0.3 is 29.2 Å². The number of hydrogen-bond donors (Lipinski definition) is 2. The SMILES string of the molecule is CCOC(Cc1ccc(OCC=Cc2ccc(-c3ccc(C=CCOc4ccc(CC(OCC)C(=O)O)cc4)cc3)cc2)cc1)C(=O)O. The molecule has 0 aromatic heterocycles. The Hall–Kier alpha value is -5.18. The van der Waals surface area contributed by atoms with Crippen molar-refractivity contribution in [2.45, 2.75) is 38.9 Å². The van der Waals surface area contributed by atoms with Gasteiger partial charge in [-0.05, 0) is 83.6 Å². The smallest absolute Gasteiger partial charge is 0.333 e. The zero-order chi connectivity index (χ0) is 34.1. The van der Waals surface area contributed by atoms with Crippen LogP contribution < -0.4 is 9.47 Å². The van der Waals surface area contributed by atoms with Crippen molar-refractivity contribution >= 4 is 24.1 Å². The fourth-order valence-electron chi connectivity index (χ4n) is 4.94. The molecule has 4 aromatic carbocycles. The molecule has 0 amide bonds. The minimum atomic E-state index is -0.963. The summed E-state index contributed by atoms with van der Waals surface area (Å²) in [4.78, 5) is 22.6. The zero-order valence-corrected chi connectivity index (χ0v) is 27.3. The van der Waals surface area contributed by atoms with Gasteiger partial charge in [-0.15, -0.1) is 0 Å². The molecule has 8 nitrogen and oxygen atoms in total. The van der Waals surface area contributed by atoms with Gasteiger partial charge in [0.2, 0.25) is 0 Å². The van der Waals surface area contributed by atoms with Gasteiger partial charge in [0.1, 0.15) is 24.7 Å². The normalized spacial score (nSPS) is 12.6. The molecule has 4 aromatic rings. The first kappa shape index (κ1) is 35.7. The van der Waals surface area contributed by atoms with Crippen LogP contribution in [0.25, 0.3) is 23.3 Å². The summed E-state index contributed by atoms with van der Waals surface area (Å²) in [6.45, 7) is 5.09. The van der Waals surface area contributed by atoms with Crippen molar-refractivity contribution in [2.24, 2.45) is 0 Å². The minimum absolute atomic E-state index is 0.310. The third-order valence-electron chi connectivity index (χ3n) is 7.44. The zero-order valence-electron chi connectivity index (χ0n) is 27.3. The summed E-state index contributed by atoms with van der Waals surface area (Å²) in [7, 11) is 0. The first-order chi connectivity index (χ1) is 23.3. The highest BCUT2D eigenvalue weighted by atomic mass is 16.5. The molecule has 0 saturated heterocycles. The number of hydrogen-bond acceptors (Lipinski definition) is 6. The van der Waals surface area contributed by atoms with E-state index in [1.807, 2.05) is 72.8 Å². The van der Waals surface area contributed by atoms with Crippen LogP contribution in [-0.2, 0) is 31.9 Å². The molecular weight excluding hydrogens is 608 g/mol. The molecule has 0 aliphatic carbocycles. The van der Waals surface area contributed by atoms with Gasteiger partial charge in [-0.2, -0.15) is 0 Å². The van der Waals surface area contributed by atoms with E-state index in [-0.39, 0.29) is 0 Å². The van der Waals surface area contributed by atoms with E-state index < -0.39 is 24.1 Å². The van der Waals surface area contributed by atoms with Crippen LogP contribution >= 0.6 is 0 Å². The Morgan fingerprint density at radius 1 is 0.562 bits per heavy atom. The van der Waals surface area contributed by atoms with Crippen LogP contribution in [-0.4, -0.2) is 60.8 Å². The molecule has 0 bridgehead atoms. The number of carbonyl (C=O) groups is 2. The van der Waals surface area contributed by atoms with E-state index in [0.29, 0.717) is 50.8 Å². The first-order valence-corrected chi connectivity index (χ1v) is 16.0. The third kappa shape index (κ3) is 11.6. The number of carboxylic acids is 2. The van der Waals surface area contributed by atoms with Crippen molar-refractivity contribution in [3.05, 3.63) is 131 Å². The van der Waals surface area contributed by atoms with Crippen molar-refractivity contribution in [3.8, 4) is 22.6 Å². The van der Waals surface area contributed by atoms with Gasteiger partial charge in [-0.3, -0.25) is 0 Å². The molecule has 2 N–H and O–H groups in total. The highest BCUT2D eigenvalue weighted by Crippen LogP contribution is 2.22. The molecule has 2 atom stereocenters. The second-order valence-corrected chi connectivity index (χ2v) is 10.9. The molecule has 0 aliphatic rings. The van der Waals surface area contributed by atoms with Crippen LogP contribution in [0.2, 0.25) is 0 Å². The Kier molecular flexibility index (Phi) is 14.0. The Labute approximate surface area is 281 Å². The predicted octanol–water partition coefficient (Wildman–Crippen LogP) is 7.60. The highest BCUT2D eigenvalue weighted by molar-refractivity contribution is 5.73. The number of carboxylic acid groups (broad SMARTS) is 2. The van der Waals surface area contributed by atoms with Crippen molar-refractivity contribution in [1.82, 2.24) is 0 Å². The second kappa shape index (κ2) is 18.8. The van der Waals surface area contributed by atoms with Gasteiger partial charge in [0, 0.05) is 26.1 Å². The van der Waals surface area contributed by atoms with E-state index in [2.05, 4.69) is 48.5 Å². The van der Waals surface area contributed by atoms with E-state index in [1.165, 1.54) is 0 Å². The maximum absolute atomic E-state index is 11.3. The molecule has 8 heteroatoms. The summed E-state index contributed by atoms with van der Waals surface area (Å²) >= 11 is 0. The van der Waals surface area contributed by atoms with Crippen molar-refractivity contribution in [1.29, 1.82) is 0 Å². The van der Waals surface area contributed by atoms with Gasteiger partial charge in [0.15, 0.2) is 12.2 Å². The number of ether oxygens (including phenoxy) is 4. The molecule has 0 saturated carbocycles. The fourth-order valence-corrected chi connectivity index (χ4v) is 4.94. The monoisotopic (exact) mass is 650 g/mol. The van der Waals surface area contributed by atoms with Crippen LogP contribution in [0.5, 0.6) is 11.5 Å². The van der Waals surface area contributed by atoms with Gasteiger partial charge in [-0.25, -0.2) is 9.59 Å². The van der Waals surface area contributed by atoms with E-state index in [4.69, 9.17) is 18.9 Å². The van der Waals surface area contributed by atoms with Crippen molar-refractivity contribution < 1.29 is 38.7 Å². The molecule has 0 heterocycles. The van der Waals surface area contributed by atoms with E-state index >= 15 is 0 Å². The largest absolute Gasteiger partial charge is 0.490 e. The quantitative estimate of drug-likeness (QED) is 0.107. The van der Waals surface area contributed by atoms with Crippen LogP contribution in [0.4, 0.5) is 0 Å². The molecule has 0 aliphatic heterocycles. The highest BCUT2D eigenvalue weighted by Gasteiger charge is 2.18. The maximum atomic E-state index is 11.3. The number of benzene rings is 4. The van der Waals surface area contributed by atoms with E-state index in [0.717, 1.165) is 33.4 Å². The maximum Gasteiger partial charge on any atom is 0.333 e. The number of aliphatic carboxylic acids is 2. The van der Waals surface area contributed by atoms with Crippen molar-refractivity contribution in [2.75, 3.05) is 26.4 Å². The molecule has 48 heavy (non-hydrogen) atoms. The fraction of sp³-hybridized carbons (Fsp3) is 0.250. The van der Waals surface area contributed by atoms with Crippen LogP contribution in [0.1, 0.15) is 36.1 Å².